The Morgan fingerprint density at radius 3 is 2.58 bits per heavy atom. The number of nitrogens with one attached hydrogen (secondary N) is 1. The Labute approximate surface area is 142 Å². The molecule has 134 valence electrons. The summed E-state index contributed by atoms with van der Waals surface area (Å²) in [6, 6.07) is 4.49. The number of nitrogens with zero attached hydrogens (tertiary/aromatic N) is 1. The molecular weight excluding hydrogens is 311 g/mol. The SMILES string of the molecule is CCOC1CC(CO)(NC(=O)c2ccc(N(C)C)cc2F)C1(C)C. The third-order valence-corrected chi connectivity index (χ3v) is 5.28. The fourth-order valence-electron chi connectivity index (χ4n) is 3.25. The number of halogens is 1. The van der Waals surface area contributed by atoms with E-state index in [1.54, 1.807) is 25.1 Å². The molecule has 1 aliphatic carbocycles. The minimum absolute atomic E-state index is 0.0240. The summed E-state index contributed by atoms with van der Waals surface area (Å²) < 4.78 is 19.9. The summed E-state index contributed by atoms with van der Waals surface area (Å²) in [4.78, 5) is 14.3. The predicted octanol–water partition coefficient (Wildman–Crippen LogP) is 2.19. The quantitative estimate of drug-likeness (QED) is 0.835. The second-order valence-electron chi connectivity index (χ2n) is 7.12. The van der Waals surface area contributed by atoms with Gasteiger partial charge in [-0.25, -0.2) is 4.39 Å². The topological polar surface area (TPSA) is 61.8 Å². The molecule has 2 unspecified atom stereocenters. The van der Waals surface area contributed by atoms with Crippen molar-refractivity contribution in [1.29, 1.82) is 0 Å². The second-order valence-corrected chi connectivity index (χ2v) is 7.12. The predicted molar refractivity (Wildman–Crippen MR) is 91.8 cm³/mol. The molecule has 1 aliphatic rings. The second kappa shape index (κ2) is 6.69. The molecule has 2 N–H and O–H groups in total. The van der Waals surface area contributed by atoms with E-state index in [9.17, 15) is 14.3 Å². The van der Waals surface area contributed by atoms with Crippen LogP contribution < -0.4 is 10.2 Å². The number of hydrogen-bond acceptors (Lipinski definition) is 4. The lowest BCUT2D eigenvalue weighted by Gasteiger charge is -2.60. The van der Waals surface area contributed by atoms with E-state index in [0.717, 1.165) is 0 Å². The Kier molecular flexibility index (Phi) is 5.20. The van der Waals surface area contributed by atoms with Crippen LogP contribution in [0.1, 0.15) is 37.6 Å². The van der Waals surface area contributed by atoms with E-state index < -0.39 is 22.7 Å². The van der Waals surface area contributed by atoms with Gasteiger partial charge in [-0.2, -0.15) is 0 Å². The van der Waals surface area contributed by atoms with Gasteiger partial charge in [0.2, 0.25) is 0 Å². The van der Waals surface area contributed by atoms with Crippen molar-refractivity contribution in [3.63, 3.8) is 0 Å². The van der Waals surface area contributed by atoms with Gasteiger partial charge in [-0.3, -0.25) is 4.79 Å². The van der Waals surface area contributed by atoms with E-state index in [0.29, 0.717) is 18.7 Å². The first-order chi connectivity index (χ1) is 11.2. The normalized spacial score (nSPS) is 25.0. The van der Waals surface area contributed by atoms with Crippen LogP contribution in [0.2, 0.25) is 0 Å². The largest absolute Gasteiger partial charge is 0.394 e. The lowest BCUT2D eigenvalue weighted by atomic mass is 9.54. The van der Waals surface area contributed by atoms with Gasteiger partial charge in [0, 0.05) is 38.2 Å². The lowest BCUT2D eigenvalue weighted by molar-refractivity contribution is -0.172. The van der Waals surface area contributed by atoms with Crippen LogP contribution in [-0.4, -0.2) is 50.0 Å². The number of aliphatic hydroxyl groups excluding tert-OH is 1. The van der Waals surface area contributed by atoms with E-state index in [1.807, 2.05) is 20.8 Å². The van der Waals surface area contributed by atoms with E-state index in [1.165, 1.54) is 12.1 Å². The van der Waals surface area contributed by atoms with Crippen molar-refractivity contribution < 1.29 is 19.0 Å². The van der Waals surface area contributed by atoms with Crippen molar-refractivity contribution >= 4 is 11.6 Å². The van der Waals surface area contributed by atoms with Crippen LogP contribution in [0.15, 0.2) is 18.2 Å². The molecule has 2 rings (SSSR count). The van der Waals surface area contributed by atoms with Gasteiger partial charge in [0.1, 0.15) is 5.82 Å². The van der Waals surface area contributed by atoms with E-state index in [2.05, 4.69) is 5.32 Å². The van der Waals surface area contributed by atoms with Crippen molar-refractivity contribution in [2.45, 2.75) is 38.8 Å². The summed E-state index contributed by atoms with van der Waals surface area (Å²) in [6.07, 6.45) is 0.462. The summed E-state index contributed by atoms with van der Waals surface area (Å²) in [5.74, 6) is -1.10. The zero-order valence-electron chi connectivity index (χ0n) is 15.0. The number of ether oxygens (including phenoxy) is 1. The Morgan fingerprint density at radius 2 is 2.12 bits per heavy atom. The lowest BCUT2D eigenvalue weighted by Crippen LogP contribution is -2.74. The number of hydrogen-bond donors (Lipinski definition) is 2. The third kappa shape index (κ3) is 3.00. The maximum absolute atomic E-state index is 14.3. The Hall–Kier alpha value is -1.66. The summed E-state index contributed by atoms with van der Waals surface area (Å²) in [7, 11) is 3.61. The van der Waals surface area contributed by atoms with Crippen molar-refractivity contribution in [2.75, 3.05) is 32.2 Å². The Balaban J connectivity index is 2.19. The van der Waals surface area contributed by atoms with Crippen LogP contribution in [0.25, 0.3) is 0 Å². The maximum atomic E-state index is 14.3. The first kappa shape index (κ1) is 18.7. The molecule has 0 aliphatic heterocycles. The van der Waals surface area contributed by atoms with Gasteiger partial charge in [0.25, 0.3) is 5.91 Å². The molecule has 6 heteroatoms. The highest BCUT2D eigenvalue weighted by molar-refractivity contribution is 5.95. The smallest absolute Gasteiger partial charge is 0.254 e. The van der Waals surface area contributed by atoms with Gasteiger partial charge in [-0.05, 0) is 25.1 Å². The minimum Gasteiger partial charge on any atom is -0.394 e. The average Bonchev–Trinajstić information content (AvgIpc) is 2.53. The first-order valence-electron chi connectivity index (χ1n) is 8.20. The zero-order valence-corrected chi connectivity index (χ0v) is 15.0. The zero-order chi connectivity index (χ0) is 18.1. The number of aliphatic hydroxyl groups is 1. The Morgan fingerprint density at radius 1 is 1.46 bits per heavy atom. The molecule has 1 aromatic carbocycles. The van der Waals surface area contributed by atoms with Gasteiger partial charge < -0.3 is 20.1 Å². The highest BCUT2D eigenvalue weighted by atomic mass is 19.1. The van der Waals surface area contributed by atoms with Crippen LogP contribution in [-0.2, 0) is 4.74 Å². The van der Waals surface area contributed by atoms with Crippen LogP contribution >= 0.6 is 0 Å². The highest BCUT2D eigenvalue weighted by Gasteiger charge is 2.61. The fourth-order valence-corrected chi connectivity index (χ4v) is 3.25. The van der Waals surface area contributed by atoms with Crippen LogP contribution in [0.5, 0.6) is 0 Å². The maximum Gasteiger partial charge on any atom is 0.254 e. The van der Waals surface area contributed by atoms with Crippen LogP contribution in [0.3, 0.4) is 0 Å². The summed E-state index contributed by atoms with van der Waals surface area (Å²) >= 11 is 0. The molecule has 0 bridgehead atoms. The van der Waals surface area contributed by atoms with Gasteiger partial charge >= 0.3 is 0 Å². The van der Waals surface area contributed by atoms with Crippen LogP contribution in [0.4, 0.5) is 10.1 Å². The molecule has 0 saturated heterocycles. The minimum atomic E-state index is -0.809. The van der Waals surface area contributed by atoms with Gasteiger partial charge in [0.15, 0.2) is 0 Å². The molecule has 1 aromatic rings. The molecule has 5 nitrogen and oxygen atoms in total. The van der Waals surface area contributed by atoms with Crippen molar-refractivity contribution in [2.24, 2.45) is 5.41 Å². The third-order valence-electron chi connectivity index (χ3n) is 5.28. The van der Waals surface area contributed by atoms with E-state index in [-0.39, 0.29) is 18.3 Å². The number of amides is 1. The monoisotopic (exact) mass is 338 g/mol. The van der Waals surface area contributed by atoms with Gasteiger partial charge in [-0.1, -0.05) is 13.8 Å². The highest BCUT2D eigenvalue weighted by Crippen LogP contribution is 2.51. The number of carbonyl (C=O) groups excluding carboxylic acids is 1. The molecule has 0 aromatic heterocycles. The van der Waals surface area contributed by atoms with Crippen molar-refractivity contribution in [3.05, 3.63) is 29.6 Å². The summed E-state index contributed by atoms with van der Waals surface area (Å²) in [5, 5.41) is 12.7. The summed E-state index contributed by atoms with van der Waals surface area (Å²) in [6.45, 7) is 6.16. The first-order valence-corrected chi connectivity index (χ1v) is 8.20. The van der Waals surface area contributed by atoms with Crippen LogP contribution in [0, 0.1) is 11.2 Å². The Bertz CT molecular complexity index is 618. The number of benzene rings is 1. The molecule has 24 heavy (non-hydrogen) atoms. The molecule has 1 amide bonds. The van der Waals surface area contributed by atoms with E-state index in [4.69, 9.17) is 4.74 Å². The molecule has 0 heterocycles. The van der Waals surface area contributed by atoms with Crippen molar-refractivity contribution in [1.82, 2.24) is 5.32 Å². The summed E-state index contributed by atoms with van der Waals surface area (Å²) in [5.41, 5.74) is -0.588. The molecule has 0 spiro atoms. The molecule has 1 fully saturated rings. The standard InChI is InChI=1S/C18H27FN2O3/c1-6-24-15-10-18(11-22,17(15,2)3)20-16(23)13-8-7-12(21(4)5)9-14(13)19/h7-9,15,22H,6,10-11H2,1-5H3,(H,20,23). The van der Waals surface area contributed by atoms with Gasteiger partial charge in [0.05, 0.1) is 23.8 Å². The molecular formula is C18H27FN2O3. The molecule has 2 atom stereocenters. The molecule has 0 radical (unpaired) electrons. The fraction of sp³-hybridized carbons (Fsp3) is 0.611. The van der Waals surface area contributed by atoms with Gasteiger partial charge in [-0.15, -0.1) is 0 Å². The molecule has 1 saturated carbocycles. The number of anilines is 1. The van der Waals surface area contributed by atoms with Crippen molar-refractivity contribution in [3.8, 4) is 0 Å². The number of carbonyl (C=O) groups is 1. The van der Waals surface area contributed by atoms with E-state index >= 15 is 0 Å². The number of rotatable bonds is 6. The average molecular weight is 338 g/mol.